The van der Waals surface area contributed by atoms with E-state index in [1.165, 1.54) is 56.0 Å². The monoisotopic (exact) mass is 731 g/mol. The van der Waals surface area contributed by atoms with Crippen LogP contribution in [0.2, 0.25) is 0 Å². The summed E-state index contributed by atoms with van der Waals surface area (Å²) in [6.07, 6.45) is 7.23. The van der Waals surface area contributed by atoms with Crippen LogP contribution in [0.25, 0.3) is 17.4 Å². The Balaban J connectivity index is 0.00000217. The lowest BCUT2D eigenvalue weighted by Crippen LogP contribution is -2.57. The van der Waals surface area contributed by atoms with E-state index in [2.05, 4.69) is 15.0 Å². The van der Waals surface area contributed by atoms with Gasteiger partial charge in [0.1, 0.15) is 21.6 Å². The van der Waals surface area contributed by atoms with Gasteiger partial charge in [-0.3, -0.25) is 9.69 Å². The van der Waals surface area contributed by atoms with E-state index < -0.39 is 6.36 Å². The van der Waals surface area contributed by atoms with Crippen molar-refractivity contribution in [3.8, 4) is 17.1 Å². The van der Waals surface area contributed by atoms with Crippen LogP contribution >= 0.6 is 48.8 Å². The molecule has 2 aromatic rings. The fourth-order valence-electron chi connectivity index (χ4n) is 8.66. The van der Waals surface area contributed by atoms with Crippen LogP contribution in [-0.4, -0.2) is 65.2 Å². The minimum Gasteiger partial charge on any atom is -0.456 e. The number of hydrogen-bond acceptors (Lipinski definition) is 7. The standard InChI is InChI=1S/C34H40F3N3O3S2.2ClH/c35-34(36,37)43-27-7-5-23(6-8-27)28-19-24(4-2-1-3-11-39-12-9-38-10-13-39)29(42-28)20-30-32(41)40(33(44)45-30)31-25-15-21-14-22(17-25)18-26(31)16-21;;/h5-8,19-22,25-26,31,38H,1-4,9-18H2;2*1H/b30-20-;;. The number of halogens is 5. The lowest BCUT2D eigenvalue weighted by atomic mass is 9.54. The molecule has 6 nitrogen and oxygen atoms in total. The van der Waals surface area contributed by atoms with Gasteiger partial charge >= 0.3 is 6.36 Å². The Hall–Kier alpha value is -1.76. The lowest BCUT2D eigenvalue weighted by molar-refractivity contribution is -0.274. The van der Waals surface area contributed by atoms with Crippen molar-refractivity contribution >= 4 is 65.1 Å². The van der Waals surface area contributed by atoms with Gasteiger partial charge < -0.3 is 19.4 Å². The smallest absolute Gasteiger partial charge is 0.456 e. The van der Waals surface area contributed by atoms with Gasteiger partial charge in [-0.2, -0.15) is 0 Å². The van der Waals surface area contributed by atoms with Crippen LogP contribution in [0.15, 0.2) is 39.7 Å². The molecule has 47 heavy (non-hydrogen) atoms. The Bertz CT molecular complexity index is 1420. The van der Waals surface area contributed by atoms with Crippen molar-refractivity contribution in [1.29, 1.82) is 0 Å². The van der Waals surface area contributed by atoms with Crippen LogP contribution < -0.4 is 10.1 Å². The Morgan fingerprint density at radius 3 is 2.28 bits per heavy atom. The van der Waals surface area contributed by atoms with Crippen molar-refractivity contribution in [2.75, 3.05) is 32.7 Å². The number of unbranched alkanes of at least 4 members (excludes halogenated alkanes) is 2. The summed E-state index contributed by atoms with van der Waals surface area (Å²) in [5.74, 6) is 3.58. The van der Waals surface area contributed by atoms with Gasteiger partial charge in [0.15, 0.2) is 0 Å². The number of hydrogen-bond donors (Lipinski definition) is 1. The van der Waals surface area contributed by atoms with E-state index in [-0.39, 0.29) is 42.5 Å². The third-order valence-electron chi connectivity index (χ3n) is 10.4. The third kappa shape index (κ3) is 8.35. The second-order valence-electron chi connectivity index (χ2n) is 13.4. The van der Waals surface area contributed by atoms with E-state index in [1.807, 2.05) is 17.0 Å². The van der Waals surface area contributed by atoms with Crippen molar-refractivity contribution in [2.24, 2.45) is 23.7 Å². The van der Waals surface area contributed by atoms with Crippen LogP contribution in [0.3, 0.4) is 0 Å². The van der Waals surface area contributed by atoms with Crippen molar-refractivity contribution in [3.63, 3.8) is 0 Å². The maximum atomic E-state index is 13.9. The first kappa shape index (κ1) is 36.5. The minimum absolute atomic E-state index is 0. The summed E-state index contributed by atoms with van der Waals surface area (Å²) >= 11 is 7.19. The topological polar surface area (TPSA) is 58.0 Å². The number of aryl methyl sites for hydroxylation is 1. The Morgan fingerprint density at radius 1 is 0.979 bits per heavy atom. The molecule has 0 spiro atoms. The fourth-order valence-corrected chi connectivity index (χ4v) is 9.98. The van der Waals surface area contributed by atoms with E-state index in [0.717, 1.165) is 75.8 Å². The van der Waals surface area contributed by atoms with E-state index >= 15 is 0 Å². The zero-order chi connectivity index (χ0) is 31.1. The van der Waals surface area contributed by atoms with Crippen LogP contribution in [0.1, 0.15) is 62.7 Å². The average Bonchev–Trinajstić information content (AvgIpc) is 3.52. The Morgan fingerprint density at radius 2 is 1.64 bits per heavy atom. The number of rotatable bonds is 10. The summed E-state index contributed by atoms with van der Waals surface area (Å²) in [5.41, 5.74) is 1.63. The fraction of sp³-hybridized carbons (Fsp3) is 0.588. The molecule has 4 bridgehead atoms. The number of nitrogens with one attached hydrogen (secondary N) is 1. The van der Waals surface area contributed by atoms with Gasteiger partial charge in [-0.05, 0) is 117 Å². The predicted molar refractivity (Wildman–Crippen MR) is 188 cm³/mol. The predicted octanol–water partition coefficient (Wildman–Crippen LogP) is 8.33. The Kier molecular flexibility index (Phi) is 12.0. The summed E-state index contributed by atoms with van der Waals surface area (Å²) in [4.78, 5) is 18.9. The second kappa shape index (κ2) is 15.4. The highest BCUT2D eigenvalue weighted by atomic mass is 35.5. The number of carbonyl (C=O) groups excluding carboxylic acids is 1. The average molecular weight is 733 g/mol. The van der Waals surface area contributed by atoms with Gasteiger partial charge in [-0.1, -0.05) is 30.4 Å². The lowest BCUT2D eigenvalue weighted by Gasteiger charge is -2.56. The van der Waals surface area contributed by atoms with Gasteiger partial charge in [0, 0.05) is 43.9 Å². The quantitative estimate of drug-likeness (QED) is 0.150. The molecule has 258 valence electrons. The SMILES string of the molecule is Cl.Cl.O=C1/C(=C/c2oc(-c3ccc(OC(F)(F)F)cc3)cc2CCCCCN2CCNCC2)SC(=S)N1C1C2CC3CC(C2)CC1C3. The van der Waals surface area contributed by atoms with Gasteiger partial charge in [0.2, 0.25) is 0 Å². The van der Waals surface area contributed by atoms with Gasteiger partial charge in [0.25, 0.3) is 5.91 Å². The number of piperazine rings is 1. The molecule has 1 N–H and O–H groups in total. The first-order valence-corrected chi connectivity index (χ1v) is 17.6. The molecule has 4 aliphatic carbocycles. The first-order chi connectivity index (χ1) is 21.7. The first-order valence-electron chi connectivity index (χ1n) is 16.4. The number of thiocarbonyl (C=S) groups is 1. The van der Waals surface area contributed by atoms with E-state index in [0.29, 0.717) is 38.1 Å². The molecule has 0 atom stereocenters. The molecule has 13 heteroatoms. The van der Waals surface area contributed by atoms with Crippen LogP contribution in [0, 0.1) is 23.7 Å². The zero-order valence-corrected chi connectivity index (χ0v) is 29.4. The molecule has 1 aromatic carbocycles. The maximum absolute atomic E-state index is 13.9. The van der Waals surface area contributed by atoms with Crippen LogP contribution in [0.4, 0.5) is 13.2 Å². The summed E-state index contributed by atoms with van der Waals surface area (Å²) in [7, 11) is 0. The molecule has 0 radical (unpaired) electrons. The molecule has 1 amide bonds. The molecule has 2 aliphatic heterocycles. The molecule has 3 heterocycles. The number of nitrogens with zero attached hydrogens (tertiary/aromatic N) is 2. The van der Waals surface area contributed by atoms with Crippen molar-refractivity contribution in [1.82, 2.24) is 15.1 Å². The minimum atomic E-state index is -4.75. The summed E-state index contributed by atoms with van der Waals surface area (Å²) in [6, 6.07) is 7.87. The van der Waals surface area contributed by atoms with Gasteiger partial charge in [-0.25, -0.2) is 0 Å². The molecular formula is C34H42Cl2F3N3O3S2. The van der Waals surface area contributed by atoms with Crippen molar-refractivity contribution in [2.45, 2.75) is 70.2 Å². The van der Waals surface area contributed by atoms with Crippen molar-refractivity contribution in [3.05, 3.63) is 46.6 Å². The number of thioether (sulfide) groups is 1. The molecule has 6 aliphatic rings. The second-order valence-corrected chi connectivity index (χ2v) is 15.1. The molecule has 4 saturated carbocycles. The molecule has 2 saturated heterocycles. The number of alkyl halides is 3. The van der Waals surface area contributed by atoms with Gasteiger partial charge in [0.05, 0.1) is 4.91 Å². The highest BCUT2D eigenvalue weighted by Gasteiger charge is 2.53. The number of carbonyl (C=O) groups is 1. The largest absolute Gasteiger partial charge is 0.573 e. The summed E-state index contributed by atoms with van der Waals surface area (Å²) in [5, 5.41) is 3.39. The highest BCUT2D eigenvalue weighted by Crippen LogP contribution is 2.56. The number of amides is 1. The molecule has 8 rings (SSSR count). The van der Waals surface area contributed by atoms with Crippen LogP contribution in [-0.2, 0) is 11.2 Å². The molecular weight excluding hydrogens is 690 g/mol. The number of furan rings is 1. The van der Waals surface area contributed by atoms with Crippen LogP contribution in [0.5, 0.6) is 5.75 Å². The summed E-state index contributed by atoms with van der Waals surface area (Å²) < 4.78 is 49.1. The van der Waals surface area contributed by atoms with E-state index in [1.54, 1.807) is 12.1 Å². The number of ether oxygens (including phenoxy) is 1. The van der Waals surface area contributed by atoms with Crippen molar-refractivity contribution < 1.29 is 27.1 Å². The third-order valence-corrected chi connectivity index (χ3v) is 11.7. The number of benzene rings is 1. The molecule has 6 fully saturated rings. The highest BCUT2D eigenvalue weighted by molar-refractivity contribution is 8.26. The molecule has 1 aromatic heterocycles. The van der Waals surface area contributed by atoms with Gasteiger partial charge in [-0.15, -0.1) is 38.0 Å². The summed E-state index contributed by atoms with van der Waals surface area (Å²) in [6.45, 7) is 5.34. The van der Waals surface area contributed by atoms with E-state index in [4.69, 9.17) is 16.6 Å². The van der Waals surface area contributed by atoms with E-state index in [9.17, 15) is 18.0 Å². The normalized spacial score (nSPS) is 28.1. The maximum Gasteiger partial charge on any atom is 0.573 e. The Labute approximate surface area is 296 Å². The molecule has 0 unspecified atom stereocenters. The zero-order valence-electron chi connectivity index (χ0n) is 26.1.